The molecule has 0 radical (unpaired) electrons. The first-order valence-corrected chi connectivity index (χ1v) is 9.77. The van der Waals surface area contributed by atoms with E-state index in [-0.39, 0.29) is 5.91 Å². The number of anilines is 1. The number of benzene rings is 1. The van der Waals surface area contributed by atoms with E-state index in [4.69, 9.17) is 4.74 Å². The molecule has 1 amide bonds. The summed E-state index contributed by atoms with van der Waals surface area (Å²) >= 11 is 4.96. The second kappa shape index (κ2) is 6.54. The molecular weight excluding hydrogens is 390 g/mol. The lowest BCUT2D eigenvalue weighted by Gasteiger charge is -2.35. The second-order valence-corrected chi connectivity index (χ2v) is 8.30. The molecule has 0 atom stereocenters. The van der Waals surface area contributed by atoms with Gasteiger partial charge in [0.25, 0.3) is 0 Å². The fourth-order valence-electron chi connectivity index (χ4n) is 3.13. The maximum absolute atomic E-state index is 13.1. The highest BCUT2D eigenvalue weighted by Gasteiger charge is 2.42. The molecule has 1 saturated carbocycles. The average Bonchev–Trinajstić information content (AvgIpc) is 3.36. The van der Waals surface area contributed by atoms with Gasteiger partial charge in [0.05, 0.1) is 5.41 Å². The van der Waals surface area contributed by atoms with Gasteiger partial charge in [-0.3, -0.25) is 10.1 Å². The third kappa shape index (κ3) is 3.12. The molecular formula is C17H18BrN3O2S. The summed E-state index contributed by atoms with van der Waals surface area (Å²) in [4.78, 5) is 13.1. The second-order valence-electron chi connectivity index (χ2n) is 6.38. The van der Waals surface area contributed by atoms with Crippen molar-refractivity contribution in [1.82, 2.24) is 10.2 Å². The summed E-state index contributed by atoms with van der Waals surface area (Å²) in [5.74, 6) is 0.545. The van der Waals surface area contributed by atoms with E-state index in [1.54, 1.807) is 0 Å². The van der Waals surface area contributed by atoms with E-state index in [9.17, 15) is 4.79 Å². The van der Waals surface area contributed by atoms with Gasteiger partial charge in [0, 0.05) is 23.6 Å². The van der Waals surface area contributed by atoms with E-state index < -0.39 is 5.41 Å². The molecule has 1 aromatic carbocycles. The highest BCUT2D eigenvalue weighted by atomic mass is 79.9. The quantitative estimate of drug-likeness (QED) is 0.835. The molecule has 4 rings (SSSR count). The van der Waals surface area contributed by atoms with E-state index in [1.165, 1.54) is 24.2 Å². The van der Waals surface area contributed by atoms with Crippen molar-refractivity contribution in [2.45, 2.75) is 37.0 Å². The van der Waals surface area contributed by atoms with Crippen molar-refractivity contribution in [3.63, 3.8) is 0 Å². The van der Waals surface area contributed by atoms with Crippen LogP contribution in [0.15, 0.2) is 28.7 Å². The molecule has 5 nitrogen and oxygen atoms in total. The van der Waals surface area contributed by atoms with Gasteiger partial charge < -0.3 is 4.74 Å². The van der Waals surface area contributed by atoms with Crippen LogP contribution in [0.2, 0.25) is 0 Å². The summed E-state index contributed by atoms with van der Waals surface area (Å²) in [5.41, 5.74) is 0.461. The van der Waals surface area contributed by atoms with Gasteiger partial charge in [0.1, 0.15) is 5.01 Å². The van der Waals surface area contributed by atoms with Crippen LogP contribution in [0.3, 0.4) is 0 Å². The topological polar surface area (TPSA) is 64.1 Å². The molecule has 1 aromatic heterocycles. The molecule has 2 aromatic rings. The van der Waals surface area contributed by atoms with Gasteiger partial charge in [-0.2, -0.15) is 0 Å². The summed E-state index contributed by atoms with van der Waals surface area (Å²) < 4.78 is 6.51. The van der Waals surface area contributed by atoms with Crippen molar-refractivity contribution < 1.29 is 9.53 Å². The molecule has 2 aliphatic rings. The van der Waals surface area contributed by atoms with Gasteiger partial charge in [-0.15, -0.1) is 10.2 Å². The average molecular weight is 408 g/mol. The first-order chi connectivity index (χ1) is 11.7. The highest BCUT2D eigenvalue weighted by molar-refractivity contribution is 9.10. The van der Waals surface area contributed by atoms with Crippen LogP contribution in [0, 0.1) is 0 Å². The van der Waals surface area contributed by atoms with E-state index in [0.29, 0.717) is 37.1 Å². The van der Waals surface area contributed by atoms with Crippen molar-refractivity contribution in [3.05, 3.63) is 39.3 Å². The molecule has 0 unspecified atom stereocenters. The van der Waals surface area contributed by atoms with Gasteiger partial charge in [0.2, 0.25) is 11.0 Å². The lowest BCUT2D eigenvalue weighted by molar-refractivity contribution is -0.125. The Morgan fingerprint density at radius 3 is 2.58 bits per heavy atom. The molecule has 0 bridgehead atoms. The van der Waals surface area contributed by atoms with Crippen molar-refractivity contribution >= 4 is 38.3 Å². The van der Waals surface area contributed by atoms with Gasteiger partial charge in [-0.1, -0.05) is 39.4 Å². The van der Waals surface area contributed by atoms with E-state index >= 15 is 0 Å². The molecule has 1 N–H and O–H groups in total. The van der Waals surface area contributed by atoms with Crippen molar-refractivity contribution in [1.29, 1.82) is 0 Å². The zero-order chi connectivity index (χ0) is 16.6. The number of halogens is 1. The molecule has 2 heterocycles. The van der Waals surface area contributed by atoms with Crippen LogP contribution in [0.1, 0.15) is 42.2 Å². The van der Waals surface area contributed by atoms with Gasteiger partial charge in [-0.25, -0.2) is 0 Å². The minimum absolute atomic E-state index is 0.00776. The van der Waals surface area contributed by atoms with Crippen LogP contribution in [0.25, 0.3) is 0 Å². The summed E-state index contributed by atoms with van der Waals surface area (Å²) in [5, 5.41) is 13.0. The SMILES string of the molecule is O=C(Nc1nnc(C2CC2)s1)C1(c2ccc(Br)cc2)CCOCC1. The van der Waals surface area contributed by atoms with Crippen LogP contribution in [0.4, 0.5) is 5.13 Å². The third-order valence-electron chi connectivity index (χ3n) is 4.77. The summed E-state index contributed by atoms with van der Waals surface area (Å²) in [6.07, 6.45) is 3.72. The number of hydrogen-bond donors (Lipinski definition) is 1. The lowest BCUT2D eigenvalue weighted by atomic mass is 9.73. The molecule has 1 aliphatic carbocycles. The molecule has 2 fully saturated rings. The molecule has 1 aliphatic heterocycles. The minimum Gasteiger partial charge on any atom is -0.381 e. The Morgan fingerprint density at radius 2 is 1.92 bits per heavy atom. The maximum atomic E-state index is 13.1. The Bertz CT molecular complexity index is 737. The van der Waals surface area contributed by atoms with E-state index in [0.717, 1.165) is 15.0 Å². The predicted molar refractivity (Wildman–Crippen MR) is 96.4 cm³/mol. The number of hydrogen-bond acceptors (Lipinski definition) is 5. The van der Waals surface area contributed by atoms with Gasteiger partial charge in [0.15, 0.2) is 0 Å². The van der Waals surface area contributed by atoms with Crippen molar-refractivity contribution in [2.75, 3.05) is 18.5 Å². The largest absolute Gasteiger partial charge is 0.381 e. The fourth-order valence-corrected chi connectivity index (χ4v) is 4.30. The molecule has 0 spiro atoms. The number of nitrogens with one attached hydrogen (secondary N) is 1. The Balaban J connectivity index is 1.59. The zero-order valence-corrected chi connectivity index (χ0v) is 15.5. The van der Waals surface area contributed by atoms with Crippen LogP contribution in [-0.2, 0) is 14.9 Å². The molecule has 7 heteroatoms. The minimum atomic E-state index is -0.565. The van der Waals surface area contributed by atoms with Crippen molar-refractivity contribution in [2.24, 2.45) is 0 Å². The molecule has 126 valence electrons. The first-order valence-electron chi connectivity index (χ1n) is 8.16. The number of nitrogens with zero attached hydrogens (tertiary/aromatic N) is 2. The fraction of sp³-hybridized carbons (Fsp3) is 0.471. The lowest BCUT2D eigenvalue weighted by Crippen LogP contribution is -2.44. The van der Waals surface area contributed by atoms with Crippen molar-refractivity contribution in [3.8, 4) is 0 Å². The molecule has 24 heavy (non-hydrogen) atoms. The Morgan fingerprint density at radius 1 is 1.21 bits per heavy atom. The highest BCUT2D eigenvalue weighted by Crippen LogP contribution is 2.42. The number of carbonyl (C=O) groups is 1. The normalized spacial score (nSPS) is 19.9. The van der Waals surface area contributed by atoms with Crippen LogP contribution >= 0.6 is 27.3 Å². The summed E-state index contributed by atoms with van der Waals surface area (Å²) in [6, 6.07) is 8.00. The number of amides is 1. The number of aromatic nitrogens is 2. The molecule has 1 saturated heterocycles. The smallest absolute Gasteiger partial charge is 0.237 e. The van der Waals surface area contributed by atoms with Crippen LogP contribution in [-0.4, -0.2) is 29.3 Å². The van der Waals surface area contributed by atoms with E-state index in [2.05, 4.69) is 31.4 Å². The number of carbonyl (C=O) groups excluding carboxylic acids is 1. The van der Waals surface area contributed by atoms with Crippen LogP contribution in [0.5, 0.6) is 0 Å². The zero-order valence-electron chi connectivity index (χ0n) is 13.1. The number of ether oxygens (including phenoxy) is 1. The summed E-state index contributed by atoms with van der Waals surface area (Å²) in [6.45, 7) is 1.18. The van der Waals surface area contributed by atoms with Gasteiger partial charge >= 0.3 is 0 Å². The first kappa shape index (κ1) is 16.2. The maximum Gasteiger partial charge on any atom is 0.237 e. The monoisotopic (exact) mass is 407 g/mol. The standard InChI is InChI=1S/C17H18BrN3O2S/c18-13-5-3-12(4-6-13)17(7-9-23-10-8-17)15(22)19-16-21-20-14(24-16)11-1-2-11/h3-6,11H,1-2,7-10H2,(H,19,21,22). The van der Waals surface area contributed by atoms with Gasteiger partial charge in [-0.05, 0) is 43.4 Å². The third-order valence-corrected chi connectivity index (χ3v) is 6.30. The summed E-state index contributed by atoms with van der Waals surface area (Å²) in [7, 11) is 0. The number of rotatable bonds is 4. The Labute approximate surface area is 153 Å². The predicted octanol–water partition coefficient (Wildman–Crippen LogP) is 3.86. The Hall–Kier alpha value is -1.31. The van der Waals surface area contributed by atoms with E-state index in [1.807, 2.05) is 24.3 Å². The Kier molecular flexibility index (Phi) is 4.40. The van der Waals surface area contributed by atoms with Crippen LogP contribution < -0.4 is 5.32 Å².